The quantitative estimate of drug-likeness (QED) is 0.729. The van der Waals surface area contributed by atoms with Crippen molar-refractivity contribution in [1.29, 1.82) is 0 Å². The molecule has 0 aliphatic heterocycles. The Morgan fingerprint density at radius 1 is 1.18 bits per heavy atom. The van der Waals surface area contributed by atoms with Crippen molar-refractivity contribution >= 4 is 11.6 Å². The molecule has 4 aliphatic rings. The fraction of sp³-hybridized carbons (Fsp3) is 0.652. The molecule has 4 rings (SSSR count). The van der Waals surface area contributed by atoms with Crippen LogP contribution < -0.4 is 0 Å². The average Bonchev–Trinajstić information content (AvgIpc) is 2.97. The lowest BCUT2D eigenvalue weighted by Gasteiger charge is -2.58. The van der Waals surface area contributed by atoms with Gasteiger partial charge in [0, 0.05) is 23.9 Å². The highest BCUT2D eigenvalue weighted by molar-refractivity contribution is 6.01. The summed E-state index contributed by atoms with van der Waals surface area (Å²) in [5.41, 5.74) is -2.29. The Bertz CT molecular complexity index is 813. The van der Waals surface area contributed by atoms with E-state index in [0.29, 0.717) is 12.8 Å². The third-order valence-electron chi connectivity index (χ3n) is 8.36. The molecule has 152 valence electrons. The van der Waals surface area contributed by atoms with Gasteiger partial charge in [0.25, 0.3) is 0 Å². The molecule has 0 aromatic heterocycles. The van der Waals surface area contributed by atoms with E-state index in [4.69, 9.17) is 0 Å². The number of alkyl halides is 1. The van der Waals surface area contributed by atoms with Gasteiger partial charge < -0.3 is 10.2 Å². The predicted octanol–water partition coefficient (Wildman–Crippen LogP) is 2.80. The van der Waals surface area contributed by atoms with Gasteiger partial charge in [-0.3, -0.25) is 9.59 Å². The van der Waals surface area contributed by atoms with E-state index in [9.17, 15) is 19.8 Å². The Morgan fingerprint density at radius 3 is 2.54 bits per heavy atom. The van der Waals surface area contributed by atoms with Crippen LogP contribution in [-0.4, -0.2) is 40.7 Å². The van der Waals surface area contributed by atoms with E-state index in [-0.39, 0.29) is 41.8 Å². The molecule has 0 unspecified atom stereocenters. The van der Waals surface area contributed by atoms with Gasteiger partial charge in [0.05, 0.1) is 0 Å². The number of aliphatic hydroxyl groups is 2. The number of hydrogen-bond donors (Lipinski definition) is 2. The lowest BCUT2D eigenvalue weighted by atomic mass is 9.47. The minimum Gasteiger partial charge on any atom is -0.396 e. The third kappa shape index (κ3) is 2.29. The summed E-state index contributed by atoms with van der Waals surface area (Å²) >= 11 is 0. The molecule has 4 aliphatic carbocycles. The topological polar surface area (TPSA) is 74.6 Å². The maximum Gasteiger partial charge on any atom is 0.178 e. The molecule has 0 saturated heterocycles. The molecular formula is C23H29FO4. The van der Waals surface area contributed by atoms with Crippen LogP contribution in [0.2, 0.25) is 0 Å². The van der Waals surface area contributed by atoms with Crippen molar-refractivity contribution in [2.24, 2.45) is 40.4 Å². The minimum atomic E-state index is -1.65. The Labute approximate surface area is 165 Å². The first-order valence-electron chi connectivity index (χ1n) is 10.2. The molecule has 5 heteroatoms. The Hall–Kier alpha value is -1.59. The molecule has 0 aromatic carbocycles. The lowest BCUT2D eigenvalue weighted by Crippen LogP contribution is -2.59. The fourth-order valence-electron chi connectivity index (χ4n) is 6.99. The van der Waals surface area contributed by atoms with Crippen LogP contribution in [0, 0.1) is 40.4 Å². The van der Waals surface area contributed by atoms with Crippen LogP contribution in [0.25, 0.3) is 0 Å². The maximum atomic E-state index is 16.8. The predicted molar refractivity (Wildman–Crippen MR) is 103 cm³/mol. The molecule has 0 heterocycles. The van der Waals surface area contributed by atoms with E-state index in [1.54, 1.807) is 18.2 Å². The maximum absolute atomic E-state index is 16.8. The number of hydrogen-bond acceptors (Lipinski definition) is 4. The van der Waals surface area contributed by atoms with Crippen molar-refractivity contribution in [2.45, 2.75) is 39.3 Å². The van der Waals surface area contributed by atoms with Gasteiger partial charge in [-0.2, -0.15) is 0 Å². The summed E-state index contributed by atoms with van der Waals surface area (Å²) < 4.78 is 16.8. The number of aliphatic hydroxyl groups excluding tert-OH is 2. The van der Waals surface area contributed by atoms with Crippen molar-refractivity contribution in [3.8, 4) is 0 Å². The van der Waals surface area contributed by atoms with E-state index >= 15 is 4.39 Å². The van der Waals surface area contributed by atoms with Crippen molar-refractivity contribution in [3.05, 3.63) is 36.0 Å². The minimum absolute atomic E-state index is 0.0590. The molecule has 0 aromatic rings. The summed E-state index contributed by atoms with van der Waals surface area (Å²) in [6.45, 7) is 5.18. The van der Waals surface area contributed by atoms with E-state index in [2.05, 4.69) is 0 Å². The molecule has 2 saturated carbocycles. The van der Waals surface area contributed by atoms with Gasteiger partial charge in [-0.25, -0.2) is 4.39 Å². The highest BCUT2D eigenvalue weighted by Gasteiger charge is 2.67. The summed E-state index contributed by atoms with van der Waals surface area (Å²) in [5, 5.41) is 19.4. The Morgan fingerprint density at radius 2 is 1.89 bits per heavy atom. The van der Waals surface area contributed by atoms with E-state index in [1.807, 2.05) is 26.8 Å². The van der Waals surface area contributed by atoms with Crippen molar-refractivity contribution in [1.82, 2.24) is 0 Å². The van der Waals surface area contributed by atoms with Crippen LogP contribution in [0.3, 0.4) is 0 Å². The van der Waals surface area contributed by atoms with Crippen LogP contribution in [-0.2, 0) is 9.59 Å². The Balaban J connectivity index is 1.84. The van der Waals surface area contributed by atoms with Gasteiger partial charge in [-0.05, 0) is 61.2 Å². The number of halogens is 1. The van der Waals surface area contributed by atoms with Gasteiger partial charge in [-0.1, -0.05) is 31.6 Å². The molecule has 28 heavy (non-hydrogen) atoms. The second-order valence-corrected chi connectivity index (χ2v) is 9.64. The average molecular weight is 388 g/mol. The molecule has 4 nitrogen and oxygen atoms in total. The summed E-state index contributed by atoms with van der Waals surface area (Å²) in [5.74, 6) is -1.51. The molecule has 2 N–H and O–H groups in total. The van der Waals surface area contributed by atoms with Crippen LogP contribution in [0.1, 0.15) is 33.6 Å². The second kappa shape index (κ2) is 6.20. The number of fused-ring (bicyclic) bond motifs is 5. The first-order valence-corrected chi connectivity index (χ1v) is 10.2. The number of carbonyl (C=O) groups is 2. The summed E-state index contributed by atoms with van der Waals surface area (Å²) in [4.78, 5) is 24.5. The van der Waals surface area contributed by atoms with Gasteiger partial charge >= 0.3 is 0 Å². The molecule has 0 radical (unpaired) electrons. The monoisotopic (exact) mass is 388 g/mol. The molecule has 2 fully saturated rings. The normalized spacial score (nSPS) is 49.3. The number of Topliss-reactive ketones (excluding diaryl/α,β-unsaturated/α-hetero) is 1. The van der Waals surface area contributed by atoms with Gasteiger partial charge in [0.15, 0.2) is 11.6 Å². The van der Waals surface area contributed by atoms with E-state index < -0.39 is 29.0 Å². The standard InChI is InChI=1S/C23H29FO4/c1-13-8-18-17-9-14(11-25)20(19(28)12-26)21(17,2)6-7-23(18,24)22(3)5-4-15(27)10-16(13)22/h4-7,10,13-14,17-18,20,25-26H,8-9,11-12H2,1-3H3/t13-,14-,17-,18-,20+,21-,22-,23+/m0/s1. The van der Waals surface area contributed by atoms with Gasteiger partial charge in [0.1, 0.15) is 12.3 Å². The van der Waals surface area contributed by atoms with Crippen LogP contribution >= 0.6 is 0 Å². The smallest absolute Gasteiger partial charge is 0.178 e. The van der Waals surface area contributed by atoms with E-state index in [0.717, 1.165) is 5.57 Å². The highest BCUT2D eigenvalue weighted by atomic mass is 19.1. The number of ketones is 2. The first kappa shape index (κ1) is 19.7. The SMILES string of the molecule is C[C@H]1C[C@H]2[C@@H]3C[C@@H](CO)[C@H](C(=O)CO)[C@@]3(C)C=C[C@]2(F)[C@@]2(C)C=CC(=O)C=C12. The van der Waals surface area contributed by atoms with Crippen molar-refractivity contribution in [2.75, 3.05) is 13.2 Å². The fourth-order valence-corrected chi connectivity index (χ4v) is 6.99. The Kier molecular flexibility index (Phi) is 4.37. The van der Waals surface area contributed by atoms with Gasteiger partial charge in [-0.15, -0.1) is 0 Å². The molecule has 0 bridgehead atoms. The van der Waals surface area contributed by atoms with Crippen molar-refractivity contribution in [3.63, 3.8) is 0 Å². The zero-order valence-electron chi connectivity index (χ0n) is 16.7. The summed E-state index contributed by atoms with van der Waals surface area (Å²) in [6, 6.07) is 0. The largest absolute Gasteiger partial charge is 0.396 e. The number of carbonyl (C=O) groups excluding carboxylic acids is 2. The first-order chi connectivity index (χ1) is 13.1. The zero-order chi connectivity index (χ0) is 20.5. The van der Waals surface area contributed by atoms with Crippen molar-refractivity contribution < 1.29 is 24.2 Å². The van der Waals surface area contributed by atoms with E-state index in [1.165, 1.54) is 6.08 Å². The van der Waals surface area contributed by atoms with Gasteiger partial charge in [0.2, 0.25) is 0 Å². The summed E-state index contributed by atoms with van der Waals surface area (Å²) in [6.07, 6.45) is 9.38. The van der Waals surface area contributed by atoms with Crippen LogP contribution in [0.4, 0.5) is 4.39 Å². The van der Waals surface area contributed by atoms with Crippen LogP contribution in [0.15, 0.2) is 36.0 Å². The highest BCUT2D eigenvalue weighted by Crippen LogP contribution is 2.68. The molecule has 0 amide bonds. The summed E-state index contributed by atoms with van der Waals surface area (Å²) in [7, 11) is 0. The lowest BCUT2D eigenvalue weighted by molar-refractivity contribution is -0.131. The number of allylic oxidation sites excluding steroid dienone is 6. The molecule has 8 atom stereocenters. The number of rotatable bonds is 3. The second-order valence-electron chi connectivity index (χ2n) is 9.64. The third-order valence-corrected chi connectivity index (χ3v) is 8.36. The molecular weight excluding hydrogens is 359 g/mol. The zero-order valence-corrected chi connectivity index (χ0v) is 16.7. The molecule has 0 spiro atoms. The van der Waals surface area contributed by atoms with Crippen LogP contribution in [0.5, 0.6) is 0 Å².